The van der Waals surface area contributed by atoms with Gasteiger partial charge in [-0.3, -0.25) is 4.79 Å². The fourth-order valence-corrected chi connectivity index (χ4v) is 6.50. The number of likely N-dealkylation sites (N-methyl/N-ethyl adjacent to an activating group) is 1. The molecule has 182 valence electrons. The summed E-state index contributed by atoms with van der Waals surface area (Å²) in [5, 5.41) is 2.54. The lowest BCUT2D eigenvalue weighted by Crippen LogP contribution is -2.32. The van der Waals surface area contributed by atoms with E-state index in [1.54, 1.807) is 42.4 Å². The van der Waals surface area contributed by atoms with Crippen molar-refractivity contribution in [3.05, 3.63) is 112 Å². The Balaban J connectivity index is 1.60. The minimum absolute atomic E-state index is 0.136. The Labute approximate surface area is 215 Å². The smallest absolute Gasteiger partial charge is 0.259 e. The molecule has 3 aromatic carbocycles. The van der Waals surface area contributed by atoms with Crippen LogP contribution < -0.4 is 4.90 Å². The van der Waals surface area contributed by atoms with Crippen molar-refractivity contribution < 1.29 is 13.2 Å². The number of benzene rings is 3. The maximum Gasteiger partial charge on any atom is 0.259 e. The third-order valence-electron chi connectivity index (χ3n) is 6.33. The molecule has 4 aromatic rings. The maximum absolute atomic E-state index is 14.0. The van der Waals surface area contributed by atoms with Gasteiger partial charge in [-0.2, -0.15) is 4.31 Å². The Morgan fingerprint density at radius 2 is 1.64 bits per heavy atom. The zero-order valence-corrected chi connectivity index (χ0v) is 21.5. The summed E-state index contributed by atoms with van der Waals surface area (Å²) in [5.41, 5.74) is 3.49. The number of carbonyl (C=O) groups excluding carboxylic acids is 1. The van der Waals surface area contributed by atoms with Gasteiger partial charge >= 0.3 is 0 Å². The summed E-state index contributed by atoms with van der Waals surface area (Å²) in [4.78, 5) is 19.2. The molecule has 2 heterocycles. The van der Waals surface area contributed by atoms with Crippen molar-refractivity contribution in [1.82, 2.24) is 9.29 Å². The first kappa shape index (κ1) is 24.1. The lowest BCUT2D eigenvalue weighted by atomic mass is 9.99. The largest absolute Gasteiger partial charge is 0.308 e. The van der Waals surface area contributed by atoms with Crippen molar-refractivity contribution >= 4 is 44.6 Å². The zero-order valence-electron chi connectivity index (χ0n) is 19.9. The van der Waals surface area contributed by atoms with Crippen molar-refractivity contribution in [2.75, 3.05) is 18.5 Å². The van der Waals surface area contributed by atoms with Gasteiger partial charge in [-0.15, -0.1) is 11.3 Å². The standard InChI is InChI=1S/C28H25N3O3S2/c1-3-31-25-15-14-22(18-23(25)24(28(31)32)19-26-29-16-17-35-26)36(33,34)30(2)27(20-10-6-4-7-11-20)21-12-8-5-9-13-21/h4-19,27H,3H2,1-2H3/b24-19+. The molecular weight excluding hydrogens is 490 g/mol. The second-order valence-electron chi connectivity index (χ2n) is 8.40. The van der Waals surface area contributed by atoms with E-state index in [1.807, 2.05) is 73.0 Å². The summed E-state index contributed by atoms with van der Waals surface area (Å²) in [5.74, 6) is -0.156. The van der Waals surface area contributed by atoms with Crippen molar-refractivity contribution in [3.63, 3.8) is 0 Å². The summed E-state index contributed by atoms with van der Waals surface area (Å²) in [7, 11) is -2.32. The number of anilines is 1. The highest BCUT2D eigenvalue weighted by Crippen LogP contribution is 2.40. The highest BCUT2D eigenvalue weighted by molar-refractivity contribution is 7.89. The summed E-state index contributed by atoms with van der Waals surface area (Å²) in [6.07, 6.45) is 3.41. The molecule has 0 fully saturated rings. The van der Waals surface area contributed by atoms with Crippen LogP contribution >= 0.6 is 11.3 Å². The van der Waals surface area contributed by atoms with Crippen LogP contribution in [0.2, 0.25) is 0 Å². The van der Waals surface area contributed by atoms with Crippen LogP contribution in [0, 0.1) is 0 Å². The van der Waals surface area contributed by atoms with E-state index in [0.29, 0.717) is 28.4 Å². The number of thiazole rings is 1. The van der Waals surface area contributed by atoms with Gasteiger partial charge in [0.25, 0.3) is 5.91 Å². The Morgan fingerprint density at radius 1 is 1.00 bits per heavy atom. The predicted molar refractivity (Wildman–Crippen MR) is 144 cm³/mol. The van der Waals surface area contributed by atoms with Crippen molar-refractivity contribution in [1.29, 1.82) is 0 Å². The van der Waals surface area contributed by atoms with Gasteiger partial charge in [-0.1, -0.05) is 60.7 Å². The number of aromatic nitrogens is 1. The molecule has 0 saturated carbocycles. The van der Waals surface area contributed by atoms with E-state index in [2.05, 4.69) is 4.98 Å². The first-order valence-electron chi connectivity index (χ1n) is 11.6. The van der Waals surface area contributed by atoms with E-state index in [4.69, 9.17) is 0 Å². The van der Waals surface area contributed by atoms with Crippen LogP contribution in [0.1, 0.15) is 34.7 Å². The average Bonchev–Trinajstić information content (AvgIpc) is 3.51. The molecule has 36 heavy (non-hydrogen) atoms. The second kappa shape index (κ2) is 9.81. The number of fused-ring (bicyclic) bond motifs is 1. The van der Waals surface area contributed by atoms with Crippen LogP contribution in [-0.2, 0) is 14.8 Å². The molecule has 0 unspecified atom stereocenters. The van der Waals surface area contributed by atoms with Gasteiger partial charge in [0.15, 0.2) is 0 Å². The van der Waals surface area contributed by atoms with E-state index in [0.717, 1.165) is 11.1 Å². The highest BCUT2D eigenvalue weighted by atomic mass is 32.2. The van der Waals surface area contributed by atoms with Crippen LogP contribution in [0.3, 0.4) is 0 Å². The third kappa shape index (κ3) is 4.28. The first-order chi connectivity index (χ1) is 17.4. The number of rotatable bonds is 7. The predicted octanol–water partition coefficient (Wildman–Crippen LogP) is 5.46. The molecule has 0 spiro atoms. The number of hydrogen-bond donors (Lipinski definition) is 0. The second-order valence-corrected chi connectivity index (χ2v) is 11.3. The van der Waals surface area contributed by atoms with E-state index >= 15 is 0 Å². The molecule has 0 bridgehead atoms. The molecule has 0 saturated heterocycles. The number of nitrogens with zero attached hydrogens (tertiary/aromatic N) is 3. The molecule has 0 aliphatic carbocycles. The minimum Gasteiger partial charge on any atom is -0.308 e. The van der Waals surface area contributed by atoms with Gasteiger partial charge in [0.05, 0.1) is 22.2 Å². The van der Waals surface area contributed by atoms with E-state index in [-0.39, 0.29) is 10.8 Å². The first-order valence-corrected chi connectivity index (χ1v) is 13.9. The molecule has 1 aliphatic rings. The van der Waals surface area contributed by atoms with Gasteiger partial charge in [-0.25, -0.2) is 13.4 Å². The molecule has 5 rings (SSSR count). The SMILES string of the molecule is CCN1C(=O)/C(=C/c2nccs2)c2cc(S(=O)(=O)N(C)C(c3ccccc3)c3ccccc3)ccc21. The van der Waals surface area contributed by atoms with Crippen LogP contribution in [0.4, 0.5) is 5.69 Å². The van der Waals surface area contributed by atoms with Gasteiger partial charge in [0.2, 0.25) is 10.0 Å². The molecule has 6 nitrogen and oxygen atoms in total. The Kier molecular flexibility index (Phi) is 6.57. The maximum atomic E-state index is 14.0. The van der Waals surface area contributed by atoms with E-state index in [9.17, 15) is 13.2 Å². The van der Waals surface area contributed by atoms with Gasteiger partial charge in [-0.05, 0) is 42.3 Å². The van der Waals surface area contributed by atoms with Crippen LogP contribution in [0.25, 0.3) is 11.6 Å². The number of carbonyl (C=O) groups is 1. The Morgan fingerprint density at radius 3 is 2.19 bits per heavy atom. The number of sulfonamides is 1. The zero-order chi connectivity index (χ0) is 25.3. The summed E-state index contributed by atoms with van der Waals surface area (Å²) in [6, 6.07) is 23.6. The summed E-state index contributed by atoms with van der Waals surface area (Å²) < 4.78 is 29.3. The molecule has 0 N–H and O–H groups in total. The quantitative estimate of drug-likeness (QED) is 0.307. The van der Waals surface area contributed by atoms with Crippen LogP contribution in [0.15, 0.2) is 95.3 Å². The normalized spacial score (nSPS) is 14.7. The van der Waals surface area contributed by atoms with E-state index < -0.39 is 16.1 Å². The lowest BCUT2D eigenvalue weighted by molar-refractivity contribution is -0.112. The molecule has 0 radical (unpaired) electrons. The van der Waals surface area contributed by atoms with Crippen LogP contribution in [0.5, 0.6) is 0 Å². The summed E-state index contributed by atoms with van der Waals surface area (Å²) in [6.45, 7) is 2.38. The van der Waals surface area contributed by atoms with Crippen molar-refractivity contribution in [2.45, 2.75) is 17.9 Å². The van der Waals surface area contributed by atoms with E-state index in [1.165, 1.54) is 15.6 Å². The van der Waals surface area contributed by atoms with Gasteiger partial charge < -0.3 is 4.90 Å². The molecule has 1 amide bonds. The molecule has 8 heteroatoms. The monoisotopic (exact) mass is 515 g/mol. The Bertz CT molecular complexity index is 1480. The van der Waals surface area contributed by atoms with Crippen molar-refractivity contribution in [3.8, 4) is 0 Å². The fraction of sp³-hybridized carbons (Fsp3) is 0.143. The number of amides is 1. The van der Waals surface area contributed by atoms with Crippen molar-refractivity contribution in [2.24, 2.45) is 0 Å². The minimum atomic E-state index is -3.92. The average molecular weight is 516 g/mol. The van der Waals surface area contributed by atoms with Gasteiger partial charge in [0.1, 0.15) is 5.01 Å². The Hall–Kier alpha value is -3.59. The lowest BCUT2D eigenvalue weighted by Gasteiger charge is -2.28. The number of hydrogen-bond acceptors (Lipinski definition) is 5. The van der Waals surface area contributed by atoms with Gasteiger partial charge in [0, 0.05) is 30.7 Å². The molecular formula is C28H25N3O3S2. The molecule has 0 atom stereocenters. The fourth-order valence-electron chi connectivity index (χ4n) is 4.57. The topological polar surface area (TPSA) is 70.6 Å². The van der Waals surface area contributed by atoms with Crippen LogP contribution in [-0.4, -0.2) is 37.2 Å². The molecule has 1 aromatic heterocycles. The third-order valence-corrected chi connectivity index (χ3v) is 8.87. The summed E-state index contributed by atoms with van der Waals surface area (Å²) >= 11 is 1.42. The highest BCUT2D eigenvalue weighted by Gasteiger charge is 2.35. The molecule has 1 aliphatic heterocycles.